The van der Waals surface area contributed by atoms with Crippen molar-refractivity contribution in [2.45, 2.75) is 19.6 Å². The number of rotatable bonds is 5. The molecule has 0 unspecified atom stereocenters. The topological polar surface area (TPSA) is 41.5 Å². The van der Waals surface area contributed by atoms with Crippen LogP contribution in [0.5, 0.6) is 5.75 Å². The first kappa shape index (κ1) is 12.5. The van der Waals surface area contributed by atoms with Gasteiger partial charge in [-0.05, 0) is 30.7 Å². The van der Waals surface area contributed by atoms with E-state index in [9.17, 15) is 0 Å². The fourth-order valence-corrected chi connectivity index (χ4v) is 1.62. The highest BCUT2D eigenvalue weighted by Gasteiger charge is 2.02. The Bertz CT molecular complexity index is 315. The van der Waals surface area contributed by atoms with Gasteiger partial charge in [0.2, 0.25) is 0 Å². The number of nitrogens with one attached hydrogen (secondary N) is 1. The average molecular weight is 274 g/mol. The van der Waals surface area contributed by atoms with Crippen LogP contribution in [0.3, 0.4) is 0 Å². The lowest BCUT2D eigenvalue weighted by Crippen LogP contribution is -2.23. The maximum atomic E-state index is 9.10. The summed E-state index contributed by atoms with van der Waals surface area (Å²) in [5.41, 5.74) is 1.12. The molecule has 1 rings (SSSR count). The van der Waals surface area contributed by atoms with Crippen LogP contribution in [0.2, 0.25) is 0 Å². The second kappa shape index (κ2) is 6.10. The number of benzene rings is 1. The molecule has 0 aliphatic carbocycles. The Kier molecular flexibility index (Phi) is 5.08. The monoisotopic (exact) mass is 273 g/mol. The highest BCUT2D eigenvalue weighted by atomic mass is 79.9. The van der Waals surface area contributed by atoms with Crippen LogP contribution >= 0.6 is 15.9 Å². The molecule has 1 atom stereocenters. The molecule has 0 aliphatic rings. The van der Waals surface area contributed by atoms with Crippen molar-refractivity contribution in [3.63, 3.8) is 0 Å². The number of aliphatic hydroxyl groups is 1. The molecule has 0 heterocycles. The predicted octanol–water partition coefficient (Wildman–Crippen LogP) is 1.93. The molecule has 0 aromatic heterocycles. The highest BCUT2D eigenvalue weighted by Crippen LogP contribution is 2.22. The van der Waals surface area contributed by atoms with Crippen LogP contribution in [-0.2, 0) is 6.54 Å². The zero-order chi connectivity index (χ0) is 11.3. The first-order chi connectivity index (χ1) is 7.13. The Morgan fingerprint density at radius 1 is 1.53 bits per heavy atom. The summed E-state index contributed by atoms with van der Waals surface area (Å²) in [4.78, 5) is 0. The lowest BCUT2D eigenvalue weighted by molar-refractivity contribution is 0.191. The molecule has 1 aromatic carbocycles. The van der Waals surface area contributed by atoms with Gasteiger partial charge in [0, 0.05) is 17.6 Å². The molecule has 4 heteroatoms. The Labute approximate surface area is 98.6 Å². The largest absolute Gasteiger partial charge is 0.497 e. The summed E-state index contributed by atoms with van der Waals surface area (Å²) >= 11 is 3.47. The SMILES string of the molecule is COc1ccc(Br)c(CNC[C@H](C)O)c1. The molecule has 0 aliphatic heterocycles. The van der Waals surface area contributed by atoms with Crippen molar-refractivity contribution < 1.29 is 9.84 Å². The van der Waals surface area contributed by atoms with E-state index in [4.69, 9.17) is 9.84 Å². The van der Waals surface area contributed by atoms with Crippen molar-refractivity contribution in [1.82, 2.24) is 5.32 Å². The Morgan fingerprint density at radius 3 is 2.87 bits per heavy atom. The van der Waals surface area contributed by atoms with Gasteiger partial charge >= 0.3 is 0 Å². The standard InChI is InChI=1S/C11H16BrNO2/c1-8(14)6-13-7-9-5-10(15-2)3-4-11(9)12/h3-5,8,13-14H,6-7H2,1-2H3/t8-/m0/s1. The van der Waals surface area contributed by atoms with Crippen LogP contribution in [0, 0.1) is 0 Å². The average Bonchev–Trinajstić information content (AvgIpc) is 2.20. The number of aliphatic hydroxyl groups excluding tert-OH is 1. The van der Waals surface area contributed by atoms with Crippen molar-refractivity contribution in [1.29, 1.82) is 0 Å². The second-order valence-corrected chi connectivity index (χ2v) is 4.29. The van der Waals surface area contributed by atoms with Gasteiger partial charge in [-0.25, -0.2) is 0 Å². The van der Waals surface area contributed by atoms with Crippen molar-refractivity contribution in [2.75, 3.05) is 13.7 Å². The van der Waals surface area contributed by atoms with Gasteiger partial charge in [0.05, 0.1) is 13.2 Å². The quantitative estimate of drug-likeness (QED) is 0.862. The summed E-state index contributed by atoms with van der Waals surface area (Å²) in [6.07, 6.45) is -0.325. The first-order valence-corrected chi connectivity index (χ1v) is 5.64. The third kappa shape index (κ3) is 4.20. The minimum Gasteiger partial charge on any atom is -0.497 e. The summed E-state index contributed by atoms with van der Waals surface area (Å²) in [5, 5.41) is 12.3. The maximum Gasteiger partial charge on any atom is 0.119 e. The summed E-state index contributed by atoms with van der Waals surface area (Å²) in [6.45, 7) is 3.06. The molecule has 2 N–H and O–H groups in total. The minimum absolute atomic E-state index is 0.325. The summed E-state index contributed by atoms with van der Waals surface area (Å²) in [6, 6.07) is 5.83. The van der Waals surface area contributed by atoms with Gasteiger partial charge in [0.15, 0.2) is 0 Å². The van der Waals surface area contributed by atoms with Gasteiger partial charge in [-0.3, -0.25) is 0 Å². The van der Waals surface area contributed by atoms with E-state index in [1.54, 1.807) is 14.0 Å². The van der Waals surface area contributed by atoms with Crippen LogP contribution in [0.15, 0.2) is 22.7 Å². The van der Waals surface area contributed by atoms with E-state index >= 15 is 0 Å². The highest BCUT2D eigenvalue weighted by molar-refractivity contribution is 9.10. The summed E-state index contributed by atoms with van der Waals surface area (Å²) < 4.78 is 6.18. The lowest BCUT2D eigenvalue weighted by atomic mass is 10.2. The first-order valence-electron chi connectivity index (χ1n) is 4.84. The molecule has 0 bridgehead atoms. The number of halogens is 1. The molecule has 0 saturated heterocycles. The van der Waals surface area contributed by atoms with Gasteiger partial charge in [0.25, 0.3) is 0 Å². The van der Waals surface area contributed by atoms with Gasteiger partial charge in [0.1, 0.15) is 5.75 Å². The van der Waals surface area contributed by atoms with Crippen molar-refractivity contribution in [2.24, 2.45) is 0 Å². The third-order valence-corrected chi connectivity index (χ3v) is 2.78. The summed E-state index contributed by atoms with van der Waals surface area (Å²) in [5.74, 6) is 0.840. The Morgan fingerprint density at radius 2 is 2.27 bits per heavy atom. The van der Waals surface area contributed by atoms with Gasteiger partial charge < -0.3 is 15.2 Å². The molecular formula is C11H16BrNO2. The molecule has 84 valence electrons. The van der Waals surface area contributed by atoms with E-state index in [1.807, 2.05) is 18.2 Å². The van der Waals surface area contributed by atoms with Crippen LogP contribution in [-0.4, -0.2) is 24.9 Å². The number of hydrogen-bond donors (Lipinski definition) is 2. The van der Waals surface area contributed by atoms with Crippen LogP contribution in [0.4, 0.5) is 0 Å². The molecule has 15 heavy (non-hydrogen) atoms. The van der Waals surface area contributed by atoms with E-state index in [0.29, 0.717) is 13.1 Å². The van der Waals surface area contributed by atoms with Crippen LogP contribution in [0.1, 0.15) is 12.5 Å². The van der Waals surface area contributed by atoms with Crippen molar-refractivity contribution in [3.05, 3.63) is 28.2 Å². The molecule has 0 amide bonds. The van der Waals surface area contributed by atoms with E-state index in [2.05, 4.69) is 21.2 Å². The molecule has 3 nitrogen and oxygen atoms in total. The Balaban J connectivity index is 2.59. The third-order valence-electron chi connectivity index (χ3n) is 2.01. The molecule has 0 radical (unpaired) electrons. The molecular weight excluding hydrogens is 258 g/mol. The lowest BCUT2D eigenvalue weighted by Gasteiger charge is -2.09. The molecule has 0 saturated carbocycles. The van der Waals surface area contributed by atoms with Crippen LogP contribution in [0.25, 0.3) is 0 Å². The molecule has 1 aromatic rings. The van der Waals surface area contributed by atoms with E-state index in [0.717, 1.165) is 15.8 Å². The van der Waals surface area contributed by atoms with Gasteiger partial charge in [-0.1, -0.05) is 15.9 Å². The zero-order valence-electron chi connectivity index (χ0n) is 8.96. The minimum atomic E-state index is -0.325. The van der Waals surface area contributed by atoms with Crippen molar-refractivity contribution >= 4 is 15.9 Å². The van der Waals surface area contributed by atoms with Crippen LogP contribution < -0.4 is 10.1 Å². The predicted molar refractivity (Wildman–Crippen MR) is 64.1 cm³/mol. The van der Waals surface area contributed by atoms with E-state index < -0.39 is 0 Å². The summed E-state index contributed by atoms with van der Waals surface area (Å²) in [7, 11) is 1.65. The normalized spacial score (nSPS) is 12.5. The maximum absolute atomic E-state index is 9.10. The zero-order valence-corrected chi connectivity index (χ0v) is 10.5. The van der Waals surface area contributed by atoms with E-state index in [1.165, 1.54) is 0 Å². The van der Waals surface area contributed by atoms with E-state index in [-0.39, 0.29) is 6.10 Å². The molecule has 0 spiro atoms. The van der Waals surface area contributed by atoms with Gasteiger partial charge in [-0.15, -0.1) is 0 Å². The van der Waals surface area contributed by atoms with Gasteiger partial charge in [-0.2, -0.15) is 0 Å². The molecule has 0 fully saturated rings. The fraction of sp³-hybridized carbons (Fsp3) is 0.455. The number of methoxy groups -OCH3 is 1. The Hall–Kier alpha value is -0.580. The smallest absolute Gasteiger partial charge is 0.119 e. The number of hydrogen-bond acceptors (Lipinski definition) is 3. The van der Waals surface area contributed by atoms with Crippen molar-refractivity contribution in [3.8, 4) is 5.75 Å². The second-order valence-electron chi connectivity index (χ2n) is 3.44. The number of ether oxygens (including phenoxy) is 1. The fourth-order valence-electron chi connectivity index (χ4n) is 1.23.